The summed E-state index contributed by atoms with van der Waals surface area (Å²) in [5.74, 6) is -0.636. The molecule has 29 heavy (non-hydrogen) atoms. The lowest BCUT2D eigenvalue weighted by atomic mass is 10.0. The summed E-state index contributed by atoms with van der Waals surface area (Å²) in [6, 6.07) is 14.2. The molecule has 8 nitrogen and oxygen atoms in total. The number of imide groups is 1. The number of nitrogens with one attached hydrogen (secondary N) is 2. The molecule has 1 aliphatic rings. The average molecular weight is 385 g/mol. The Kier molecular flexibility index (Phi) is 3.44. The monoisotopic (exact) mass is 385 g/mol. The standard InChI is InChI=1S/C21H15N5O3/c1-10-11(19-23-13-6-2-3-7-14(13)24-19)5-4-8-15(10)26-16(27)9-12-17(18(26)22)21(29)25-20(12)28/h2-9H,22H2,1H3,(H,23,24)(H,25,28,29). The fraction of sp³-hybridized carbons (Fsp3) is 0.0476. The number of benzene rings is 2. The van der Waals surface area contributed by atoms with Crippen molar-refractivity contribution in [3.63, 3.8) is 0 Å². The predicted molar refractivity (Wildman–Crippen MR) is 108 cm³/mol. The van der Waals surface area contributed by atoms with E-state index < -0.39 is 17.4 Å². The number of hydrogen-bond donors (Lipinski definition) is 3. The highest BCUT2D eigenvalue weighted by Crippen LogP contribution is 2.30. The van der Waals surface area contributed by atoms with E-state index in [1.54, 1.807) is 12.1 Å². The van der Waals surface area contributed by atoms with Crippen LogP contribution in [-0.2, 0) is 0 Å². The number of nitrogens with two attached hydrogens (primary N) is 1. The van der Waals surface area contributed by atoms with Crippen molar-refractivity contribution in [1.29, 1.82) is 0 Å². The van der Waals surface area contributed by atoms with Gasteiger partial charge in [-0.3, -0.25) is 24.3 Å². The van der Waals surface area contributed by atoms with Crippen LogP contribution in [0.1, 0.15) is 26.3 Å². The van der Waals surface area contributed by atoms with Gasteiger partial charge in [-0.1, -0.05) is 24.3 Å². The van der Waals surface area contributed by atoms with Crippen molar-refractivity contribution in [2.75, 3.05) is 5.73 Å². The number of para-hydroxylation sites is 2. The molecule has 1 aliphatic heterocycles. The second-order valence-corrected chi connectivity index (χ2v) is 6.83. The van der Waals surface area contributed by atoms with E-state index in [4.69, 9.17) is 5.73 Å². The van der Waals surface area contributed by atoms with Crippen molar-refractivity contribution in [2.24, 2.45) is 0 Å². The number of pyridine rings is 1. The molecular weight excluding hydrogens is 370 g/mol. The maximum atomic E-state index is 12.8. The van der Waals surface area contributed by atoms with E-state index in [-0.39, 0.29) is 16.9 Å². The van der Waals surface area contributed by atoms with Gasteiger partial charge in [0.25, 0.3) is 17.4 Å². The first kappa shape index (κ1) is 16.9. The van der Waals surface area contributed by atoms with E-state index in [9.17, 15) is 14.4 Å². The molecule has 0 unspecified atom stereocenters. The summed E-state index contributed by atoms with van der Waals surface area (Å²) < 4.78 is 1.25. The molecule has 0 saturated heterocycles. The topological polar surface area (TPSA) is 123 Å². The van der Waals surface area contributed by atoms with Crippen LogP contribution in [0.2, 0.25) is 0 Å². The third kappa shape index (κ3) is 2.39. The van der Waals surface area contributed by atoms with Gasteiger partial charge in [-0.15, -0.1) is 0 Å². The van der Waals surface area contributed by atoms with E-state index in [2.05, 4.69) is 15.3 Å². The Morgan fingerprint density at radius 2 is 1.76 bits per heavy atom. The van der Waals surface area contributed by atoms with Gasteiger partial charge in [0.1, 0.15) is 11.6 Å². The minimum atomic E-state index is -0.617. The molecule has 0 radical (unpaired) electrons. The van der Waals surface area contributed by atoms with E-state index >= 15 is 0 Å². The van der Waals surface area contributed by atoms with E-state index in [0.717, 1.165) is 28.2 Å². The highest BCUT2D eigenvalue weighted by Gasteiger charge is 2.32. The minimum Gasteiger partial charge on any atom is -0.384 e. The number of imidazole rings is 1. The Labute approximate surface area is 164 Å². The van der Waals surface area contributed by atoms with Gasteiger partial charge in [0.2, 0.25) is 0 Å². The molecule has 2 aromatic heterocycles. The Hall–Kier alpha value is -4.20. The number of H-pyrrole nitrogens is 1. The number of nitrogens with zero attached hydrogens (tertiary/aromatic N) is 2. The fourth-order valence-corrected chi connectivity index (χ4v) is 3.73. The van der Waals surface area contributed by atoms with Crippen LogP contribution < -0.4 is 16.6 Å². The SMILES string of the molecule is Cc1c(-c2nc3ccccc3[nH]2)cccc1-n1c(N)c2c(cc1=O)C(=O)NC2=O. The number of carbonyl (C=O) groups excluding carboxylic acids is 2. The molecule has 4 N–H and O–H groups in total. The van der Waals surface area contributed by atoms with Crippen LogP contribution in [-0.4, -0.2) is 26.3 Å². The molecule has 2 amide bonds. The highest BCUT2D eigenvalue weighted by molar-refractivity contribution is 6.23. The Bertz CT molecular complexity index is 1380. The molecule has 8 heteroatoms. The van der Waals surface area contributed by atoms with Gasteiger partial charge in [-0.05, 0) is 30.7 Å². The maximum absolute atomic E-state index is 12.8. The lowest BCUT2D eigenvalue weighted by Gasteiger charge is -2.16. The maximum Gasteiger partial charge on any atom is 0.262 e. The van der Waals surface area contributed by atoms with Gasteiger partial charge in [0.15, 0.2) is 0 Å². The Morgan fingerprint density at radius 3 is 2.55 bits per heavy atom. The summed E-state index contributed by atoms with van der Waals surface area (Å²) in [5.41, 5.74) is 9.49. The van der Waals surface area contributed by atoms with Crippen LogP contribution in [0, 0.1) is 6.92 Å². The number of aromatic amines is 1. The Morgan fingerprint density at radius 1 is 0.966 bits per heavy atom. The van der Waals surface area contributed by atoms with E-state index in [0.29, 0.717) is 11.5 Å². The first-order chi connectivity index (χ1) is 14.0. The molecule has 3 heterocycles. The number of rotatable bonds is 2. The molecule has 0 saturated carbocycles. The first-order valence-corrected chi connectivity index (χ1v) is 8.92. The molecule has 0 atom stereocenters. The first-order valence-electron chi connectivity index (χ1n) is 8.92. The molecule has 0 spiro atoms. The third-order valence-corrected chi connectivity index (χ3v) is 5.14. The van der Waals surface area contributed by atoms with Crippen molar-refractivity contribution in [3.8, 4) is 17.1 Å². The van der Waals surface area contributed by atoms with Gasteiger partial charge in [-0.25, -0.2) is 4.98 Å². The van der Waals surface area contributed by atoms with E-state index in [1.807, 2.05) is 37.3 Å². The minimum absolute atomic E-state index is 0.000146. The molecule has 0 aliphatic carbocycles. The summed E-state index contributed by atoms with van der Waals surface area (Å²) in [6.07, 6.45) is 0. The second-order valence-electron chi connectivity index (χ2n) is 6.83. The molecule has 142 valence electrons. The molecule has 0 fully saturated rings. The van der Waals surface area contributed by atoms with Crippen molar-refractivity contribution >= 4 is 28.7 Å². The van der Waals surface area contributed by atoms with Crippen molar-refractivity contribution in [2.45, 2.75) is 6.92 Å². The summed E-state index contributed by atoms with van der Waals surface area (Å²) in [6.45, 7) is 1.85. The second kappa shape index (κ2) is 5.90. The smallest absolute Gasteiger partial charge is 0.262 e. The number of nitrogen functional groups attached to an aromatic ring is 1. The number of carbonyl (C=O) groups is 2. The molecule has 2 aromatic carbocycles. The van der Waals surface area contributed by atoms with Crippen molar-refractivity contribution in [1.82, 2.24) is 19.9 Å². The number of hydrogen-bond acceptors (Lipinski definition) is 5. The lowest BCUT2D eigenvalue weighted by Crippen LogP contribution is -2.24. The third-order valence-electron chi connectivity index (χ3n) is 5.14. The lowest BCUT2D eigenvalue weighted by molar-refractivity contribution is 0.0880. The van der Waals surface area contributed by atoms with Crippen LogP contribution in [0.4, 0.5) is 5.82 Å². The number of amides is 2. The normalized spacial score (nSPS) is 13.0. The zero-order valence-electron chi connectivity index (χ0n) is 15.3. The Balaban J connectivity index is 1.74. The summed E-state index contributed by atoms with van der Waals surface area (Å²) in [7, 11) is 0. The zero-order chi connectivity index (χ0) is 20.3. The van der Waals surface area contributed by atoms with Gasteiger partial charge in [0, 0.05) is 11.6 Å². The number of fused-ring (bicyclic) bond motifs is 2. The van der Waals surface area contributed by atoms with Gasteiger partial charge in [0.05, 0.1) is 27.8 Å². The van der Waals surface area contributed by atoms with Gasteiger partial charge >= 0.3 is 0 Å². The molecule has 0 bridgehead atoms. The average Bonchev–Trinajstić information content (AvgIpc) is 3.23. The van der Waals surface area contributed by atoms with Crippen molar-refractivity contribution < 1.29 is 9.59 Å². The van der Waals surface area contributed by atoms with Crippen LogP contribution in [0.25, 0.3) is 28.1 Å². The zero-order valence-corrected chi connectivity index (χ0v) is 15.3. The highest BCUT2D eigenvalue weighted by atomic mass is 16.2. The van der Waals surface area contributed by atoms with Crippen LogP contribution in [0.3, 0.4) is 0 Å². The van der Waals surface area contributed by atoms with Crippen LogP contribution in [0.5, 0.6) is 0 Å². The van der Waals surface area contributed by atoms with Gasteiger partial charge in [-0.2, -0.15) is 0 Å². The largest absolute Gasteiger partial charge is 0.384 e. The van der Waals surface area contributed by atoms with Gasteiger partial charge < -0.3 is 10.7 Å². The quantitative estimate of drug-likeness (QED) is 0.456. The van der Waals surface area contributed by atoms with Crippen LogP contribution >= 0.6 is 0 Å². The molecular formula is C21H15N5O3. The summed E-state index contributed by atoms with van der Waals surface area (Å²) >= 11 is 0. The summed E-state index contributed by atoms with van der Waals surface area (Å²) in [4.78, 5) is 44.7. The molecule has 5 rings (SSSR count). The van der Waals surface area contributed by atoms with Crippen LogP contribution in [0.15, 0.2) is 53.3 Å². The fourth-order valence-electron chi connectivity index (χ4n) is 3.73. The number of aromatic nitrogens is 3. The molecule has 4 aromatic rings. The summed E-state index contributed by atoms with van der Waals surface area (Å²) in [5, 5.41) is 2.17. The van der Waals surface area contributed by atoms with E-state index in [1.165, 1.54) is 4.57 Å². The predicted octanol–water partition coefficient (Wildman–Crippen LogP) is 2.16. The number of anilines is 1. The van der Waals surface area contributed by atoms with Crippen molar-refractivity contribution in [3.05, 3.63) is 75.6 Å².